The van der Waals surface area contributed by atoms with E-state index in [1.54, 1.807) is 0 Å². The van der Waals surface area contributed by atoms with E-state index in [4.69, 9.17) is 0 Å². The minimum absolute atomic E-state index is 0.921. The van der Waals surface area contributed by atoms with Crippen molar-refractivity contribution in [3.63, 3.8) is 0 Å². The van der Waals surface area contributed by atoms with Crippen molar-refractivity contribution in [3.8, 4) is 0 Å². The van der Waals surface area contributed by atoms with Crippen LogP contribution in [0, 0.1) is 20.8 Å². The van der Waals surface area contributed by atoms with Crippen LogP contribution in [-0.2, 0) is 6.42 Å². The van der Waals surface area contributed by atoms with E-state index in [0.717, 1.165) is 40.2 Å². The highest BCUT2D eigenvalue weighted by atomic mass is 15.1. The van der Waals surface area contributed by atoms with Crippen LogP contribution in [0.3, 0.4) is 0 Å². The number of benzene rings is 3. The summed E-state index contributed by atoms with van der Waals surface area (Å²) in [6.07, 6.45) is 5.17. The standard InChI is InChI=1S/C23H25N.C10H14/c1-7-21-10-8-9-11-22(21)16-19(5)20(6)24(17(2)3)23-14-12-18(4)13-15-23;1-4-10-8(2)6-5-7-9(10)3/h7-16H,1-2,6H2,3-5H3;5-7H,4H2,1-3H3/b19-16+;. The van der Waals surface area contributed by atoms with E-state index in [1.807, 2.05) is 25.1 Å². The van der Waals surface area contributed by atoms with Crippen molar-refractivity contribution in [1.29, 1.82) is 0 Å². The molecule has 0 unspecified atom stereocenters. The van der Waals surface area contributed by atoms with E-state index in [1.165, 1.54) is 22.3 Å². The molecule has 0 bridgehead atoms. The SMILES string of the molecule is C=Cc1ccccc1/C=C(\C)C(=C)N(C(=C)C)c1ccc(C)cc1.CCc1c(C)cccc1C. The van der Waals surface area contributed by atoms with E-state index in [9.17, 15) is 0 Å². The molecular weight excluding hydrogens is 410 g/mol. The molecule has 0 spiro atoms. The summed E-state index contributed by atoms with van der Waals surface area (Å²) in [6.45, 7) is 25.0. The van der Waals surface area contributed by atoms with E-state index < -0.39 is 0 Å². The molecule has 0 radical (unpaired) electrons. The third-order valence-corrected chi connectivity index (χ3v) is 5.98. The molecule has 3 aromatic carbocycles. The van der Waals surface area contributed by atoms with Gasteiger partial charge in [0.2, 0.25) is 0 Å². The average molecular weight is 450 g/mol. The number of allylic oxidation sites excluding steroid dienone is 2. The lowest BCUT2D eigenvalue weighted by atomic mass is 10.0. The van der Waals surface area contributed by atoms with Crippen LogP contribution in [0.15, 0.2) is 103 Å². The lowest BCUT2D eigenvalue weighted by Crippen LogP contribution is -2.19. The molecular formula is C33H39N. The second-order valence-electron chi connectivity index (χ2n) is 8.74. The number of hydrogen-bond donors (Lipinski definition) is 0. The zero-order valence-electron chi connectivity index (χ0n) is 21.8. The van der Waals surface area contributed by atoms with Crippen LogP contribution in [0.4, 0.5) is 5.69 Å². The fourth-order valence-electron chi connectivity index (χ4n) is 4.03. The van der Waals surface area contributed by atoms with Crippen molar-refractivity contribution >= 4 is 17.8 Å². The monoisotopic (exact) mass is 449 g/mol. The molecule has 0 saturated heterocycles. The Morgan fingerprint density at radius 3 is 1.82 bits per heavy atom. The Hall–Kier alpha value is -3.58. The maximum absolute atomic E-state index is 4.30. The maximum atomic E-state index is 4.30. The van der Waals surface area contributed by atoms with Crippen molar-refractivity contribution in [2.45, 2.75) is 48.0 Å². The average Bonchev–Trinajstić information content (AvgIpc) is 2.81. The summed E-state index contributed by atoms with van der Waals surface area (Å²) < 4.78 is 0. The summed E-state index contributed by atoms with van der Waals surface area (Å²) in [4.78, 5) is 2.09. The van der Waals surface area contributed by atoms with Gasteiger partial charge in [-0.1, -0.05) is 92.9 Å². The van der Waals surface area contributed by atoms with Crippen molar-refractivity contribution < 1.29 is 0 Å². The predicted octanol–water partition coefficient (Wildman–Crippen LogP) is 9.46. The zero-order chi connectivity index (χ0) is 25.3. The van der Waals surface area contributed by atoms with Crippen LogP contribution < -0.4 is 4.90 Å². The molecule has 176 valence electrons. The molecule has 0 aliphatic heterocycles. The Morgan fingerprint density at radius 1 is 0.794 bits per heavy atom. The highest BCUT2D eigenvalue weighted by Crippen LogP contribution is 2.28. The van der Waals surface area contributed by atoms with Gasteiger partial charge in [-0.15, -0.1) is 0 Å². The van der Waals surface area contributed by atoms with Gasteiger partial charge in [-0.05, 0) is 92.6 Å². The Labute approximate surface area is 207 Å². The third-order valence-electron chi connectivity index (χ3n) is 5.98. The molecule has 1 nitrogen and oxygen atoms in total. The molecule has 0 N–H and O–H groups in total. The smallest absolute Gasteiger partial charge is 0.0458 e. The Morgan fingerprint density at radius 2 is 1.35 bits per heavy atom. The second-order valence-corrected chi connectivity index (χ2v) is 8.74. The minimum Gasteiger partial charge on any atom is -0.315 e. The summed E-state index contributed by atoms with van der Waals surface area (Å²) >= 11 is 0. The predicted molar refractivity (Wildman–Crippen MR) is 153 cm³/mol. The van der Waals surface area contributed by atoms with Crippen LogP contribution in [0.2, 0.25) is 0 Å². The fourth-order valence-corrected chi connectivity index (χ4v) is 4.03. The van der Waals surface area contributed by atoms with Crippen LogP contribution >= 0.6 is 0 Å². The Bertz CT molecular complexity index is 1160. The third kappa shape index (κ3) is 6.96. The number of hydrogen-bond acceptors (Lipinski definition) is 1. The first-order chi connectivity index (χ1) is 16.2. The van der Waals surface area contributed by atoms with Gasteiger partial charge in [0.05, 0.1) is 0 Å². The van der Waals surface area contributed by atoms with Crippen molar-refractivity contribution in [3.05, 3.63) is 137 Å². The lowest BCUT2D eigenvalue weighted by Gasteiger charge is -2.28. The largest absolute Gasteiger partial charge is 0.315 e. The molecule has 0 atom stereocenters. The number of anilines is 1. The molecule has 3 aromatic rings. The summed E-state index contributed by atoms with van der Waals surface area (Å²) in [5.41, 5.74) is 11.8. The first-order valence-corrected chi connectivity index (χ1v) is 11.9. The van der Waals surface area contributed by atoms with Crippen molar-refractivity contribution in [1.82, 2.24) is 0 Å². The Kier molecular flexibility index (Phi) is 9.89. The van der Waals surface area contributed by atoms with Gasteiger partial charge in [-0.2, -0.15) is 0 Å². The quantitative estimate of drug-likeness (QED) is 0.325. The van der Waals surface area contributed by atoms with Gasteiger partial charge in [0.15, 0.2) is 0 Å². The van der Waals surface area contributed by atoms with Crippen molar-refractivity contribution in [2.24, 2.45) is 0 Å². The highest BCUT2D eigenvalue weighted by Gasteiger charge is 2.13. The van der Waals surface area contributed by atoms with Crippen LogP contribution in [0.1, 0.15) is 54.2 Å². The zero-order valence-corrected chi connectivity index (χ0v) is 21.8. The molecule has 34 heavy (non-hydrogen) atoms. The van der Waals surface area contributed by atoms with E-state index in [2.05, 4.69) is 120 Å². The molecule has 0 saturated carbocycles. The van der Waals surface area contributed by atoms with Gasteiger partial charge in [0, 0.05) is 17.1 Å². The second kappa shape index (κ2) is 12.6. The van der Waals surface area contributed by atoms with Crippen LogP contribution in [0.25, 0.3) is 12.2 Å². The molecule has 0 amide bonds. The minimum atomic E-state index is 0.921. The van der Waals surface area contributed by atoms with E-state index in [-0.39, 0.29) is 0 Å². The normalized spacial score (nSPS) is 10.7. The van der Waals surface area contributed by atoms with Gasteiger partial charge in [-0.25, -0.2) is 0 Å². The lowest BCUT2D eigenvalue weighted by molar-refractivity contribution is 1.08. The summed E-state index contributed by atoms with van der Waals surface area (Å²) in [5.74, 6) is 0. The van der Waals surface area contributed by atoms with Gasteiger partial charge in [-0.3, -0.25) is 0 Å². The first-order valence-electron chi connectivity index (χ1n) is 11.9. The Balaban J connectivity index is 0.000000340. The molecule has 1 heteroatoms. The summed E-state index contributed by atoms with van der Waals surface area (Å²) in [7, 11) is 0. The van der Waals surface area contributed by atoms with Crippen molar-refractivity contribution in [2.75, 3.05) is 4.90 Å². The molecule has 0 heterocycles. The molecule has 0 aliphatic carbocycles. The molecule has 0 aliphatic rings. The molecule has 0 fully saturated rings. The van der Waals surface area contributed by atoms with Crippen LogP contribution in [-0.4, -0.2) is 0 Å². The fraction of sp³-hybridized carbons (Fsp3) is 0.212. The van der Waals surface area contributed by atoms with Crippen LogP contribution in [0.5, 0.6) is 0 Å². The summed E-state index contributed by atoms with van der Waals surface area (Å²) in [6, 6.07) is 23.1. The first kappa shape index (κ1) is 26.7. The van der Waals surface area contributed by atoms with E-state index >= 15 is 0 Å². The number of rotatable bonds is 7. The molecule has 0 aromatic heterocycles. The highest BCUT2D eigenvalue weighted by molar-refractivity contribution is 5.71. The molecule has 3 rings (SSSR count). The van der Waals surface area contributed by atoms with E-state index in [0.29, 0.717) is 0 Å². The van der Waals surface area contributed by atoms with Gasteiger partial charge in [0.25, 0.3) is 0 Å². The number of nitrogens with zero attached hydrogens (tertiary/aromatic N) is 1. The summed E-state index contributed by atoms with van der Waals surface area (Å²) in [5, 5.41) is 0. The maximum Gasteiger partial charge on any atom is 0.0458 e. The number of aryl methyl sites for hydroxylation is 3. The van der Waals surface area contributed by atoms with Gasteiger partial charge < -0.3 is 4.90 Å². The van der Waals surface area contributed by atoms with Gasteiger partial charge >= 0.3 is 0 Å². The van der Waals surface area contributed by atoms with Gasteiger partial charge in [0.1, 0.15) is 0 Å². The topological polar surface area (TPSA) is 3.24 Å².